The summed E-state index contributed by atoms with van der Waals surface area (Å²) in [6, 6.07) is 0. The molecule has 7 heteroatoms. The third kappa shape index (κ3) is 35.5. The predicted octanol–water partition coefficient (Wildman–Crippen LogP) is 10.6. The van der Waals surface area contributed by atoms with Crippen LogP contribution in [0.1, 0.15) is 200 Å². The van der Waals surface area contributed by atoms with E-state index in [0.29, 0.717) is 39.3 Å². The summed E-state index contributed by atoms with van der Waals surface area (Å²) in [6.07, 6.45) is 35.4. The molecule has 0 bridgehead atoms. The van der Waals surface area contributed by atoms with Gasteiger partial charge >= 0.3 is 0 Å². The normalized spacial score (nSPS) is 12.8. The van der Waals surface area contributed by atoms with Crippen molar-refractivity contribution < 1.29 is 29.2 Å². The minimum Gasteiger partial charge on any atom is -0.394 e. The molecule has 2 atom stereocenters. The Morgan fingerprint density at radius 2 is 1.00 bits per heavy atom. The highest BCUT2D eigenvalue weighted by atomic mass is 16.5. The molecule has 0 aromatic rings. The zero-order valence-corrected chi connectivity index (χ0v) is 33.1. The molecule has 2 unspecified atom stereocenters. The monoisotopic (exact) mass is 700 g/mol. The van der Waals surface area contributed by atoms with Crippen molar-refractivity contribution in [2.24, 2.45) is 0 Å². The van der Waals surface area contributed by atoms with Crippen LogP contribution in [-0.2, 0) is 19.0 Å². The third-order valence-electron chi connectivity index (χ3n) is 9.73. The number of rotatable bonds is 41. The van der Waals surface area contributed by atoms with E-state index in [4.69, 9.17) is 14.2 Å². The number of nitrogens with zero attached hydrogens (tertiary/aromatic N) is 1. The first-order valence-corrected chi connectivity index (χ1v) is 21.3. The van der Waals surface area contributed by atoms with Crippen molar-refractivity contribution in [2.75, 3.05) is 53.2 Å². The molecule has 0 aliphatic rings. The molecule has 0 aromatic carbocycles. The lowest BCUT2D eigenvalue weighted by Crippen LogP contribution is -2.42. The number of carbonyl (C=O) groups is 1. The van der Waals surface area contributed by atoms with Crippen molar-refractivity contribution in [3.63, 3.8) is 0 Å². The van der Waals surface area contributed by atoms with Crippen molar-refractivity contribution >= 4 is 5.91 Å². The van der Waals surface area contributed by atoms with Crippen LogP contribution < -0.4 is 0 Å². The summed E-state index contributed by atoms with van der Waals surface area (Å²) < 4.78 is 17.3. The highest BCUT2D eigenvalue weighted by molar-refractivity contribution is 5.76. The fourth-order valence-electron chi connectivity index (χ4n) is 6.48. The first kappa shape index (κ1) is 48.3. The molecule has 0 saturated heterocycles. The summed E-state index contributed by atoms with van der Waals surface area (Å²) >= 11 is 0. The second-order valence-corrected chi connectivity index (χ2v) is 14.6. The summed E-state index contributed by atoms with van der Waals surface area (Å²) in [7, 11) is 1.69. The Morgan fingerprint density at radius 3 is 1.43 bits per heavy atom. The number of hydrogen-bond acceptors (Lipinski definition) is 6. The lowest BCUT2D eigenvalue weighted by molar-refractivity contribution is -0.135. The van der Waals surface area contributed by atoms with E-state index < -0.39 is 6.10 Å². The van der Waals surface area contributed by atoms with Gasteiger partial charge in [-0.3, -0.25) is 4.79 Å². The fourth-order valence-corrected chi connectivity index (χ4v) is 6.48. The molecule has 0 radical (unpaired) electrons. The molecular weight excluding hydrogens is 614 g/mol. The Labute approximate surface area is 305 Å². The first-order valence-electron chi connectivity index (χ1n) is 21.3. The lowest BCUT2D eigenvalue weighted by Gasteiger charge is -2.28. The number of methoxy groups -OCH3 is 1. The SMILES string of the molecule is CCCCCCCCCCCCCCCCOCC(CN(CCCOC)C(=O)CCCCCCCCCCCCCCC)OCC(O)CO. The van der Waals surface area contributed by atoms with E-state index in [1.165, 1.54) is 154 Å². The standard InChI is InChI=1S/C42H85NO6/c1-4-6-8-10-12-14-16-18-20-22-24-26-28-30-35-48-39-41(49-38-40(45)37-44)36-43(33-31-34-47-3)42(46)32-29-27-25-23-21-19-17-15-13-11-9-7-5-2/h40-41,44-45H,4-39H2,1-3H3. The first-order chi connectivity index (χ1) is 24.1. The lowest BCUT2D eigenvalue weighted by atomic mass is 10.0. The second-order valence-electron chi connectivity index (χ2n) is 14.6. The number of carbonyl (C=O) groups excluding carboxylic acids is 1. The van der Waals surface area contributed by atoms with Crippen molar-refractivity contribution in [3.8, 4) is 0 Å². The van der Waals surface area contributed by atoms with Crippen LogP contribution in [0.25, 0.3) is 0 Å². The van der Waals surface area contributed by atoms with Crippen molar-refractivity contribution in [1.29, 1.82) is 0 Å². The van der Waals surface area contributed by atoms with Crippen LogP contribution in [0, 0.1) is 0 Å². The highest BCUT2D eigenvalue weighted by Gasteiger charge is 2.21. The second kappa shape index (κ2) is 40.0. The van der Waals surface area contributed by atoms with Gasteiger partial charge < -0.3 is 29.3 Å². The number of aliphatic hydroxyl groups is 2. The smallest absolute Gasteiger partial charge is 0.222 e. The van der Waals surface area contributed by atoms with E-state index in [9.17, 15) is 15.0 Å². The van der Waals surface area contributed by atoms with Gasteiger partial charge in [-0.1, -0.05) is 174 Å². The van der Waals surface area contributed by atoms with Crippen molar-refractivity contribution in [2.45, 2.75) is 212 Å². The van der Waals surface area contributed by atoms with Gasteiger partial charge in [0.05, 0.1) is 25.9 Å². The average Bonchev–Trinajstić information content (AvgIpc) is 3.11. The highest BCUT2D eigenvalue weighted by Crippen LogP contribution is 2.15. The number of unbranched alkanes of at least 4 members (excludes halogenated alkanes) is 25. The zero-order chi connectivity index (χ0) is 35.9. The molecule has 1 amide bonds. The van der Waals surface area contributed by atoms with E-state index in [0.717, 1.165) is 25.7 Å². The zero-order valence-electron chi connectivity index (χ0n) is 33.1. The van der Waals surface area contributed by atoms with Crippen LogP contribution in [0.3, 0.4) is 0 Å². The minimum atomic E-state index is -0.934. The summed E-state index contributed by atoms with van der Waals surface area (Å²) in [5, 5.41) is 19.2. The fraction of sp³-hybridized carbons (Fsp3) is 0.976. The van der Waals surface area contributed by atoms with Crippen LogP contribution in [0.5, 0.6) is 0 Å². The summed E-state index contributed by atoms with van der Waals surface area (Å²) in [6.45, 7) is 6.94. The van der Waals surface area contributed by atoms with Gasteiger partial charge in [0.25, 0.3) is 0 Å². The van der Waals surface area contributed by atoms with E-state index in [2.05, 4.69) is 13.8 Å². The van der Waals surface area contributed by atoms with Crippen LogP contribution in [0.4, 0.5) is 0 Å². The summed E-state index contributed by atoms with van der Waals surface area (Å²) in [5.74, 6) is 0.155. The van der Waals surface area contributed by atoms with E-state index in [-0.39, 0.29) is 25.2 Å². The number of aliphatic hydroxyl groups excluding tert-OH is 2. The topological polar surface area (TPSA) is 88.5 Å². The average molecular weight is 700 g/mol. The van der Waals surface area contributed by atoms with Crippen molar-refractivity contribution in [1.82, 2.24) is 4.90 Å². The molecule has 0 heterocycles. The molecule has 0 spiro atoms. The van der Waals surface area contributed by atoms with Crippen LogP contribution in [0.2, 0.25) is 0 Å². The number of ether oxygens (including phenoxy) is 3. The third-order valence-corrected chi connectivity index (χ3v) is 9.73. The van der Waals surface area contributed by atoms with Gasteiger partial charge in [-0.25, -0.2) is 0 Å². The van der Waals surface area contributed by atoms with Gasteiger partial charge in [0, 0.05) is 39.8 Å². The van der Waals surface area contributed by atoms with Crippen LogP contribution in [-0.4, -0.2) is 86.5 Å². The molecule has 2 N–H and O–H groups in total. The molecule has 294 valence electrons. The molecule has 0 aliphatic carbocycles. The summed E-state index contributed by atoms with van der Waals surface area (Å²) in [4.78, 5) is 15.2. The molecule has 0 aromatic heterocycles. The van der Waals surface area contributed by atoms with E-state index in [1.54, 1.807) is 7.11 Å². The molecule has 0 rings (SSSR count). The Kier molecular flexibility index (Phi) is 39.5. The van der Waals surface area contributed by atoms with Crippen LogP contribution in [0.15, 0.2) is 0 Å². The number of amides is 1. The minimum absolute atomic E-state index is 0.0301. The van der Waals surface area contributed by atoms with E-state index >= 15 is 0 Å². The molecule has 49 heavy (non-hydrogen) atoms. The Hall–Kier alpha value is -0.730. The Morgan fingerprint density at radius 1 is 0.571 bits per heavy atom. The molecule has 0 saturated carbocycles. The van der Waals surface area contributed by atoms with Gasteiger partial charge in [0.15, 0.2) is 0 Å². The van der Waals surface area contributed by atoms with Gasteiger partial charge in [-0.15, -0.1) is 0 Å². The maximum absolute atomic E-state index is 13.3. The summed E-state index contributed by atoms with van der Waals surface area (Å²) in [5.41, 5.74) is 0. The van der Waals surface area contributed by atoms with Crippen LogP contribution >= 0.6 is 0 Å². The Balaban J connectivity index is 4.31. The maximum atomic E-state index is 13.3. The molecule has 0 fully saturated rings. The van der Waals surface area contributed by atoms with Gasteiger partial charge in [0.1, 0.15) is 6.10 Å². The van der Waals surface area contributed by atoms with E-state index in [1.807, 2.05) is 4.90 Å². The van der Waals surface area contributed by atoms with Gasteiger partial charge in [0.2, 0.25) is 5.91 Å². The van der Waals surface area contributed by atoms with Gasteiger partial charge in [-0.05, 0) is 19.3 Å². The molecule has 7 nitrogen and oxygen atoms in total. The maximum Gasteiger partial charge on any atom is 0.222 e. The van der Waals surface area contributed by atoms with Crippen molar-refractivity contribution in [3.05, 3.63) is 0 Å². The number of hydrogen-bond donors (Lipinski definition) is 2. The molecule has 0 aliphatic heterocycles. The predicted molar refractivity (Wildman–Crippen MR) is 207 cm³/mol. The largest absolute Gasteiger partial charge is 0.394 e. The Bertz CT molecular complexity index is 651. The van der Waals surface area contributed by atoms with Gasteiger partial charge in [-0.2, -0.15) is 0 Å². The molecular formula is C42H85NO6. The quantitative estimate of drug-likeness (QED) is 0.0618.